The Morgan fingerprint density at radius 3 is 1.93 bits per heavy atom. The van der Waals surface area contributed by atoms with Crippen molar-refractivity contribution in [3.05, 3.63) is 83.4 Å². The van der Waals surface area contributed by atoms with Gasteiger partial charge in [0.25, 0.3) is 0 Å². The summed E-state index contributed by atoms with van der Waals surface area (Å²) in [6, 6.07) is 18.4. The highest BCUT2D eigenvalue weighted by Crippen LogP contribution is 2.33. The van der Waals surface area contributed by atoms with Gasteiger partial charge in [0, 0.05) is 17.1 Å². The van der Waals surface area contributed by atoms with Crippen LogP contribution < -0.4 is 16.0 Å². The normalized spacial score (nSPS) is 10.9. The van der Waals surface area contributed by atoms with Gasteiger partial charge in [-0.25, -0.2) is 0 Å². The van der Waals surface area contributed by atoms with Crippen LogP contribution in [0.3, 0.4) is 0 Å². The minimum Gasteiger partial charge on any atom is -0.356 e. The molecule has 0 spiro atoms. The van der Waals surface area contributed by atoms with E-state index in [4.69, 9.17) is 11.6 Å². The third kappa shape index (κ3) is 5.51. The number of hydrogen-bond acceptors (Lipinski definition) is 3. The average Bonchev–Trinajstić information content (AvgIpc) is 2.71. The molecule has 0 fully saturated rings. The zero-order chi connectivity index (χ0) is 21.7. The largest absolute Gasteiger partial charge is 0.416 e. The zero-order valence-electron chi connectivity index (χ0n) is 15.3. The van der Waals surface area contributed by atoms with Gasteiger partial charge in [0.2, 0.25) is 0 Å². The van der Waals surface area contributed by atoms with Gasteiger partial charge in [-0.2, -0.15) is 13.2 Å². The van der Waals surface area contributed by atoms with Crippen LogP contribution in [0.25, 0.3) is 0 Å². The number of carbonyl (C=O) groups is 2. The molecule has 30 heavy (non-hydrogen) atoms. The zero-order valence-corrected chi connectivity index (χ0v) is 16.0. The number of anilines is 4. The van der Waals surface area contributed by atoms with Gasteiger partial charge in [0.1, 0.15) is 0 Å². The lowest BCUT2D eigenvalue weighted by Gasteiger charge is -2.12. The van der Waals surface area contributed by atoms with Crippen LogP contribution in [-0.4, -0.2) is 11.8 Å². The first-order chi connectivity index (χ1) is 14.2. The fraction of sp³-hybridized carbons (Fsp3) is 0.0476. The number of alkyl halides is 3. The highest BCUT2D eigenvalue weighted by Gasteiger charge is 2.31. The molecule has 154 valence electrons. The van der Waals surface area contributed by atoms with Crippen molar-refractivity contribution >= 4 is 46.2 Å². The summed E-state index contributed by atoms with van der Waals surface area (Å²) in [7, 11) is 0. The molecule has 0 unspecified atom stereocenters. The Labute approximate surface area is 174 Å². The standard InChI is InChI=1S/C21H15ClF3N3O2/c22-17-11-6-13(21(23,24)25)12-18(17)28-20(30)19(29)27-16-9-7-15(8-10-16)26-14-4-2-1-3-5-14/h1-12,26H,(H,27,29)(H,28,30). The number of para-hydroxylation sites is 1. The van der Waals surface area contributed by atoms with Crippen LogP contribution in [0.4, 0.5) is 35.9 Å². The van der Waals surface area contributed by atoms with E-state index in [9.17, 15) is 22.8 Å². The first kappa shape index (κ1) is 21.2. The van der Waals surface area contributed by atoms with E-state index in [0.29, 0.717) is 11.8 Å². The Hall–Kier alpha value is -3.52. The smallest absolute Gasteiger partial charge is 0.356 e. The van der Waals surface area contributed by atoms with E-state index in [1.54, 1.807) is 24.3 Å². The molecule has 3 N–H and O–H groups in total. The molecule has 3 rings (SSSR count). The van der Waals surface area contributed by atoms with Crippen molar-refractivity contribution in [3.8, 4) is 0 Å². The molecule has 3 aromatic carbocycles. The highest BCUT2D eigenvalue weighted by molar-refractivity contribution is 6.44. The van der Waals surface area contributed by atoms with E-state index in [2.05, 4.69) is 16.0 Å². The molecule has 0 saturated heterocycles. The summed E-state index contributed by atoms with van der Waals surface area (Å²) in [5, 5.41) is 7.51. The van der Waals surface area contributed by atoms with Gasteiger partial charge in [-0.3, -0.25) is 9.59 Å². The van der Waals surface area contributed by atoms with Crippen molar-refractivity contribution in [2.24, 2.45) is 0 Å². The Balaban J connectivity index is 1.63. The molecule has 0 saturated carbocycles. The van der Waals surface area contributed by atoms with Crippen molar-refractivity contribution in [1.82, 2.24) is 0 Å². The van der Waals surface area contributed by atoms with Gasteiger partial charge in [-0.1, -0.05) is 29.8 Å². The van der Waals surface area contributed by atoms with Crippen molar-refractivity contribution in [2.75, 3.05) is 16.0 Å². The average molecular weight is 434 g/mol. The Morgan fingerprint density at radius 1 is 0.733 bits per heavy atom. The molecular formula is C21H15ClF3N3O2. The minimum atomic E-state index is -4.61. The number of nitrogens with one attached hydrogen (secondary N) is 3. The summed E-state index contributed by atoms with van der Waals surface area (Å²) in [4.78, 5) is 24.1. The number of benzene rings is 3. The summed E-state index contributed by atoms with van der Waals surface area (Å²) in [6.07, 6.45) is -4.61. The second kappa shape index (κ2) is 8.87. The molecule has 0 atom stereocenters. The van der Waals surface area contributed by atoms with Crippen LogP contribution in [0.2, 0.25) is 5.02 Å². The molecule has 0 bridgehead atoms. The summed E-state index contributed by atoms with van der Waals surface area (Å²) in [6.45, 7) is 0. The summed E-state index contributed by atoms with van der Waals surface area (Å²) in [5.41, 5.74) is 0.674. The molecule has 9 heteroatoms. The van der Waals surface area contributed by atoms with E-state index in [0.717, 1.165) is 23.5 Å². The third-order valence-corrected chi connectivity index (χ3v) is 4.28. The summed E-state index contributed by atoms with van der Waals surface area (Å²) in [5.74, 6) is -2.20. The van der Waals surface area contributed by atoms with Crippen LogP contribution >= 0.6 is 11.6 Å². The van der Waals surface area contributed by atoms with Gasteiger partial charge in [0.05, 0.1) is 16.3 Å². The molecule has 0 aliphatic rings. The predicted octanol–water partition coefficient (Wildman–Crippen LogP) is 5.68. The van der Waals surface area contributed by atoms with E-state index < -0.39 is 23.6 Å². The van der Waals surface area contributed by atoms with Crippen LogP contribution in [0.5, 0.6) is 0 Å². The first-order valence-electron chi connectivity index (χ1n) is 8.63. The van der Waals surface area contributed by atoms with Crippen LogP contribution in [-0.2, 0) is 15.8 Å². The lowest BCUT2D eigenvalue weighted by atomic mass is 10.2. The second-order valence-corrected chi connectivity index (χ2v) is 6.58. The Morgan fingerprint density at radius 2 is 1.30 bits per heavy atom. The summed E-state index contributed by atoms with van der Waals surface area (Å²) >= 11 is 5.82. The van der Waals surface area contributed by atoms with Crippen molar-refractivity contribution in [3.63, 3.8) is 0 Å². The van der Waals surface area contributed by atoms with Gasteiger partial charge in [-0.05, 0) is 54.6 Å². The van der Waals surface area contributed by atoms with Gasteiger partial charge >= 0.3 is 18.0 Å². The maximum Gasteiger partial charge on any atom is 0.416 e. The molecule has 5 nitrogen and oxygen atoms in total. The van der Waals surface area contributed by atoms with Crippen LogP contribution in [0.15, 0.2) is 72.8 Å². The fourth-order valence-electron chi connectivity index (χ4n) is 2.49. The van der Waals surface area contributed by atoms with E-state index in [1.807, 2.05) is 30.3 Å². The van der Waals surface area contributed by atoms with E-state index >= 15 is 0 Å². The third-order valence-electron chi connectivity index (χ3n) is 3.95. The van der Waals surface area contributed by atoms with Crippen molar-refractivity contribution < 1.29 is 22.8 Å². The number of rotatable bonds is 4. The molecular weight excluding hydrogens is 419 g/mol. The monoisotopic (exact) mass is 433 g/mol. The minimum absolute atomic E-state index is 0.125. The molecule has 2 amide bonds. The van der Waals surface area contributed by atoms with Gasteiger partial charge in [-0.15, -0.1) is 0 Å². The van der Waals surface area contributed by atoms with Gasteiger partial charge < -0.3 is 16.0 Å². The van der Waals surface area contributed by atoms with Crippen LogP contribution in [0.1, 0.15) is 5.56 Å². The second-order valence-electron chi connectivity index (χ2n) is 6.17. The molecule has 0 aliphatic carbocycles. The molecule has 0 aromatic heterocycles. The summed E-state index contributed by atoms with van der Waals surface area (Å²) < 4.78 is 38.4. The maximum absolute atomic E-state index is 12.8. The molecule has 3 aromatic rings. The molecule has 0 radical (unpaired) electrons. The number of hydrogen-bond donors (Lipinski definition) is 3. The Bertz CT molecular complexity index is 1060. The topological polar surface area (TPSA) is 70.2 Å². The SMILES string of the molecule is O=C(Nc1ccc(Nc2ccccc2)cc1)C(=O)Nc1cc(C(F)(F)F)ccc1Cl. The first-order valence-corrected chi connectivity index (χ1v) is 9.01. The van der Waals surface area contributed by atoms with Crippen LogP contribution in [0, 0.1) is 0 Å². The van der Waals surface area contributed by atoms with E-state index in [1.165, 1.54) is 0 Å². The number of amides is 2. The van der Waals surface area contributed by atoms with Crippen molar-refractivity contribution in [2.45, 2.75) is 6.18 Å². The molecule has 0 heterocycles. The fourth-order valence-corrected chi connectivity index (χ4v) is 2.65. The van der Waals surface area contributed by atoms with Crippen molar-refractivity contribution in [1.29, 1.82) is 0 Å². The number of halogens is 4. The lowest BCUT2D eigenvalue weighted by molar-refractivity contribution is -0.137. The lowest BCUT2D eigenvalue weighted by Crippen LogP contribution is -2.29. The maximum atomic E-state index is 12.8. The van der Waals surface area contributed by atoms with E-state index in [-0.39, 0.29) is 10.7 Å². The molecule has 0 aliphatic heterocycles. The quantitative estimate of drug-likeness (QED) is 0.464. The van der Waals surface area contributed by atoms with Gasteiger partial charge in [0.15, 0.2) is 0 Å². The predicted molar refractivity (Wildman–Crippen MR) is 110 cm³/mol. The highest BCUT2D eigenvalue weighted by atomic mass is 35.5. The number of carbonyl (C=O) groups excluding carboxylic acids is 2. The Kier molecular flexibility index (Phi) is 6.27.